The van der Waals surface area contributed by atoms with E-state index >= 15 is 0 Å². The summed E-state index contributed by atoms with van der Waals surface area (Å²) in [7, 11) is 1.77. The van der Waals surface area contributed by atoms with Gasteiger partial charge in [-0.05, 0) is 19.3 Å². The lowest BCUT2D eigenvalue weighted by Gasteiger charge is -2.16. The molecule has 102 valence electrons. The van der Waals surface area contributed by atoms with Crippen LogP contribution in [-0.2, 0) is 30.7 Å². The van der Waals surface area contributed by atoms with Gasteiger partial charge in [0.05, 0.1) is 5.69 Å². The van der Waals surface area contributed by atoms with Crippen molar-refractivity contribution in [3.63, 3.8) is 0 Å². The predicted molar refractivity (Wildman–Crippen MR) is 72.7 cm³/mol. The van der Waals surface area contributed by atoms with E-state index in [0.717, 1.165) is 45.5 Å². The molecule has 0 amide bonds. The Labute approximate surface area is 110 Å². The van der Waals surface area contributed by atoms with Crippen molar-refractivity contribution in [2.24, 2.45) is 0 Å². The number of fused-ring (bicyclic) bond motifs is 1. The van der Waals surface area contributed by atoms with Crippen molar-refractivity contribution in [1.82, 2.24) is 14.9 Å². The highest BCUT2D eigenvalue weighted by Crippen LogP contribution is 2.18. The van der Waals surface area contributed by atoms with Gasteiger partial charge in [0, 0.05) is 51.9 Å². The molecule has 0 fully saturated rings. The summed E-state index contributed by atoms with van der Waals surface area (Å²) < 4.78 is 7.58. The molecule has 0 saturated heterocycles. The molecule has 4 nitrogen and oxygen atoms in total. The molecule has 1 aliphatic rings. The van der Waals surface area contributed by atoms with Crippen LogP contribution in [0, 0.1) is 0 Å². The Balaban J connectivity index is 2.06. The second-order valence-electron chi connectivity index (χ2n) is 4.95. The Morgan fingerprint density at radius 1 is 1.39 bits per heavy atom. The van der Waals surface area contributed by atoms with E-state index in [2.05, 4.69) is 16.8 Å². The number of aryl methyl sites for hydroxylation is 1. The fraction of sp³-hybridized carbons (Fsp3) is 0.786. The summed E-state index contributed by atoms with van der Waals surface area (Å²) in [5, 5.41) is 3.40. The summed E-state index contributed by atoms with van der Waals surface area (Å²) in [6, 6.07) is 0. The van der Waals surface area contributed by atoms with Crippen molar-refractivity contribution in [1.29, 1.82) is 0 Å². The lowest BCUT2D eigenvalue weighted by Crippen LogP contribution is -2.25. The number of unbranched alkanes of at least 4 members (excludes halogenated alkanes) is 1. The lowest BCUT2D eigenvalue weighted by atomic mass is 10.2. The quantitative estimate of drug-likeness (QED) is 0.752. The minimum absolute atomic E-state index is 0.863. The van der Waals surface area contributed by atoms with Crippen molar-refractivity contribution < 1.29 is 4.74 Å². The highest BCUT2D eigenvalue weighted by molar-refractivity contribution is 5.20. The Morgan fingerprint density at radius 2 is 2.28 bits per heavy atom. The Kier molecular flexibility index (Phi) is 5.20. The van der Waals surface area contributed by atoms with E-state index < -0.39 is 0 Å². The fourth-order valence-corrected chi connectivity index (χ4v) is 2.62. The van der Waals surface area contributed by atoms with Gasteiger partial charge in [-0.25, -0.2) is 4.98 Å². The van der Waals surface area contributed by atoms with Crippen LogP contribution in [0.2, 0.25) is 0 Å². The predicted octanol–water partition coefficient (Wildman–Crippen LogP) is 1.91. The maximum atomic E-state index is 5.12. The normalized spacial score (nSPS) is 14.8. The van der Waals surface area contributed by atoms with Gasteiger partial charge in [-0.1, -0.05) is 6.92 Å². The zero-order valence-electron chi connectivity index (χ0n) is 11.7. The van der Waals surface area contributed by atoms with E-state index in [-0.39, 0.29) is 0 Å². The zero-order chi connectivity index (χ0) is 12.8. The number of imidazole rings is 1. The second kappa shape index (κ2) is 6.90. The van der Waals surface area contributed by atoms with Crippen LogP contribution in [0.1, 0.15) is 43.4 Å². The molecule has 4 heteroatoms. The third-order valence-corrected chi connectivity index (χ3v) is 3.52. The van der Waals surface area contributed by atoms with Crippen LogP contribution < -0.4 is 5.32 Å². The van der Waals surface area contributed by atoms with Gasteiger partial charge in [-0.3, -0.25) is 0 Å². The largest absolute Gasteiger partial charge is 0.385 e. The number of aromatic nitrogens is 2. The van der Waals surface area contributed by atoms with Gasteiger partial charge in [-0.15, -0.1) is 0 Å². The van der Waals surface area contributed by atoms with Crippen molar-refractivity contribution in [3.05, 3.63) is 17.2 Å². The van der Waals surface area contributed by atoms with E-state index in [1.54, 1.807) is 7.11 Å². The number of hydrogen-bond acceptors (Lipinski definition) is 3. The molecule has 0 unspecified atom stereocenters. The van der Waals surface area contributed by atoms with Crippen LogP contribution in [0.4, 0.5) is 0 Å². The van der Waals surface area contributed by atoms with E-state index in [1.165, 1.54) is 30.1 Å². The molecule has 0 radical (unpaired) electrons. The average molecular weight is 251 g/mol. The highest BCUT2D eigenvalue weighted by Gasteiger charge is 2.18. The second-order valence-corrected chi connectivity index (χ2v) is 4.95. The fourth-order valence-electron chi connectivity index (χ4n) is 2.62. The van der Waals surface area contributed by atoms with Gasteiger partial charge < -0.3 is 14.6 Å². The molecule has 1 aromatic rings. The smallest absolute Gasteiger partial charge is 0.109 e. The first-order valence-corrected chi connectivity index (χ1v) is 7.13. The summed E-state index contributed by atoms with van der Waals surface area (Å²) in [6.07, 6.45) is 5.70. The molecule has 0 spiro atoms. The number of methoxy groups -OCH3 is 1. The van der Waals surface area contributed by atoms with Crippen LogP contribution in [-0.4, -0.2) is 29.8 Å². The van der Waals surface area contributed by atoms with Gasteiger partial charge in [0.1, 0.15) is 5.82 Å². The number of nitrogens with zero attached hydrogens (tertiary/aromatic N) is 2. The number of hydrogen-bond donors (Lipinski definition) is 1. The standard InChI is InChI=1S/C14H25N3O/c1-3-6-14-16-12-11-15-8-7-13(12)17(14)9-4-5-10-18-2/h15H,3-11H2,1-2H3. The topological polar surface area (TPSA) is 39.1 Å². The zero-order valence-corrected chi connectivity index (χ0v) is 11.7. The van der Waals surface area contributed by atoms with Crippen LogP contribution in [0.5, 0.6) is 0 Å². The first kappa shape index (κ1) is 13.6. The first-order chi connectivity index (χ1) is 8.86. The van der Waals surface area contributed by atoms with Gasteiger partial charge in [-0.2, -0.15) is 0 Å². The maximum absolute atomic E-state index is 5.12. The van der Waals surface area contributed by atoms with E-state index in [1.807, 2.05) is 0 Å². The van der Waals surface area contributed by atoms with E-state index in [9.17, 15) is 0 Å². The number of ether oxygens (including phenoxy) is 1. The molecular weight excluding hydrogens is 226 g/mol. The summed E-state index contributed by atoms with van der Waals surface area (Å²) in [6.45, 7) is 6.21. The van der Waals surface area contributed by atoms with Crippen LogP contribution in [0.15, 0.2) is 0 Å². The summed E-state index contributed by atoms with van der Waals surface area (Å²) in [5.41, 5.74) is 2.74. The van der Waals surface area contributed by atoms with Crippen LogP contribution in [0.25, 0.3) is 0 Å². The van der Waals surface area contributed by atoms with Crippen molar-refractivity contribution in [2.75, 3.05) is 20.3 Å². The van der Waals surface area contributed by atoms with Gasteiger partial charge in [0.15, 0.2) is 0 Å². The van der Waals surface area contributed by atoms with Crippen LogP contribution >= 0.6 is 0 Å². The first-order valence-electron chi connectivity index (χ1n) is 7.13. The molecule has 18 heavy (non-hydrogen) atoms. The Bertz CT molecular complexity index is 373. The van der Waals surface area contributed by atoms with E-state index in [4.69, 9.17) is 9.72 Å². The summed E-state index contributed by atoms with van der Waals surface area (Å²) in [5.74, 6) is 1.28. The lowest BCUT2D eigenvalue weighted by molar-refractivity contribution is 0.191. The Hall–Kier alpha value is -0.870. The molecular formula is C14H25N3O. The molecule has 0 aliphatic carbocycles. The molecule has 1 aliphatic heterocycles. The van der Waals surface area contributed by atoms with Gasteiger partial charge in [0.2, 0.25) is 0 Å². The third-order valence-electron chi connectivity index (χ3n) is 3.52. The molecule has 1 aromatic heterocycles. The van der Waals surface area contributed by atoms with E-state index in [0.29, 0.717) is 0 Å². The maximum Gasteiger partial charge on any atom is 0.109 e. The number of rotatable bonds is 7. The van der Waals surface area contributed by atoms with Crippen molar-refractivity contribution in [2.45, 2.75) is 52.1 Å². The highest BCUT2D eigenvalue weighted by atomic mass is 16.5. The molecule has 0 atom stereocenters. The van der Waals surface area contributed by atoms with Gasteiger partial charge in [0.25, 0.3) is 0 Å². The molecule has 0 aromatic carbocycles. The van der Waals surface area contributed by atoms with Gasteiger partial charge >= 0.3 is 0 Å². The van der Waals surface area contributed by atoms with Crippen LogP contribution in [0.3, 0.4) is 0 Å². The SMILES string of the molecule is CCCc1nc2c(n1CCCCOC)CCNC2. The monoisotopic (exact) mass is 251 g/mol. The average Bonchev–Trinajstić information content (AvgIpc) is 2.73. The number of nitrogens with one attached hydrogen (secondary N) is 1. The molecule has 2 heterocycles. The van der Waals surface area contributed by atoms with Crippen molar-refractivity contribution >= 4 is 0 Å². The third kappa shape index (κ3) is 3.12. The molecule has 1 N–H and O–H groups in total. The molecule has 0 bridgehead atoms. The summed E-state index contributed by atoms with van der Waals surface area (Å²) >= 11 is 0. The summed E-state index contributed by atoms with van der Waals surface area (Å²) in [4.78, 5) is 4.81. The molecule has 0 saturated carbocycles. The minimum atomic E-state index is 0.863. The van der Waals surface area contributed by atoms with Crippen molar-refractivity contribution in [3.8, 4) is 0 Å². The Morgan fingerprint density at radius 3 is 3.06 bits per heavy atom. The minimum Gasteiger partial charge on any atom is -0.385 e. The molecule has 2 rings (SSSR count).